The Morgan fingerprint density at radius 3 is 2.48 bits per heavy atom. The molecule has 2 saturated carbocycles. The second-order valence-corrected chi connectivity index (χ2v) is 12.0. The van der Waals surface area contributed by atoms with E-state index in [9.17, 15) is 40.7 Å². The number of H-pyrrole nitrogens is 1. The average molecular weight is 681 g/mol. The van der Waals surface area contributed by atoms with E-state index in [4.69, 9.17) is 11.6 Å². The Hall–Kier alpha value is -3.96. The number of hydrogen-bond donors (Lipinski definition) is 3. The molecule has 2 amide bonds. The van der Waals surface area contributed by atoms with Crippen molar-refractivity contribution in [1.82, 2.24) is 35.1 Å². The summed E-state index contributed by atoms with van der Waals surface area (Å²) in [5, 5.41) is 17.6. The second kappa shape index (κ2) is 13.0. The highest BCUT2D eigenvalue weighted by Gasteiger charge is 2.46. The van der Waals surface area contributed by atoms with Crippen LogP contribution in [0.3, 0.4) is 0 Å². The summed E-state index contributed by atoms with van der Waals surface area (Å²) in [4.78, 5) is 39.1. The van der Waals surface area contributed by atoms with Gasteiger partial charge in [0.1, 0.15) is 22.6 Å². The van der Waals surface area contributed by atoms with Crippen molar-refractivity contribution in [2.45, 2.75) is 81.8 Å². The van der Waals surface area contributed by atoms with E-state index < -0.39 is 90.5 Å². The molecule has 0 bridgehead atoms. The number of anilines is 1. The van der Waals surface area contributed by atoms with E-state index in [1.54, 1.807) is 0 Å². The van der Waals surface area contributed by atoms with Crippen LogP contribution in [0.4, 0.5) is 36.4 Å². The maximum absolute atomic E-state index is 15.0. The summed E-state index contributed by atoms with van der Waals surface area (Å²) in [5.74, 6) is -10.2. The van der Waals surface area contributed by atoms with Gasteiger partial charge in [0.2, 0.25) is 24.2 Å². The molecule has 250 valence electrons. The van der Waals surface area contributed by atoms with Crippen molar-refractivity contribution >= 4 is 29.1 Å². The van der Waals surface area contributed by atoms with Gasteiger partial charge in [-0.25, -0.2) is 31.4 Å². The Bertz CT molecular complexity index is 1630. The number of rotatable bonds is 11. The predicted octanol–water partition coefficient (Wildman–Crippen LogP) is 4.81. The summed E-state index contributed by atoms with van der Waals surface area (Å²) in [5.41, 5.74) is -1.86. The van der Waals surface area contributed by atoms with Gasteiger partial charge in [0.05, 0.1) is 12.2 Å². The summed E-state index contributed by atoms with van der Waals surface area (Å²) in [6.45, 7) is 0.00750. The highest BCUT2D eigenvalue weighted by molar-refractivity contribution is 6.29. The number of amides is 2. The molecule has 46 heavy (non-hydrogen) atoms. The molecule has 0 radical (unpaired) electrons. The maximum atomic E-state index is 15.0. The quantitative estimate of drug-likeness (QED) is 0.249. The van der Waals surface area contributed by atoms with Crippen molar-refractivity contribution in [2.75, 3.05) is 5.32 Å². The molecule has 2 aliphatic rings. The van der Waals surface area contributed by atoms with E-state index in [-0.39, 0.29) is 48.6 Å². The molecule has 19 heteroatoms. The van der Waals surface area contributed by atoms with Gasteiger partial charge in [0, 0.05) is 50.4 Å². The number of aromatic amines is 1. The number of aromatic nitrogens is 6. The van der Waals surface area contributed by atoms with E-state index in [0.717, 1.165) is 12.3 Å². The SMILES string of the molecule is O=C(N[C@H](C(=O)Nc1cn(C(CC(F)F)c2cc(Cl)n[nH]c2=O)nc1F)C1CCC(F)(F)CC1)c1ccnn1CC1CC(F)(F)C1. The molecule has 0 aromatic carbocycles. The van der Waals surface area contributed by atoms with E-state index in [0.29, 0.717) is 4.68 Å². The largest absolute Gasteiger partial charge is 0.339 e. The number of halogens is 8. The summed E-state index contributed by atoms with van der Waals surface area (Å²) in [6, 6.07) is -0.690. The lowest BCUT2D eigenvalue weighted by molar-refractivity contribution is -0.121. The number of nitrogens with zero attached hydrogens (tertiary/aromatic N) is 5. The summed E-state index contributed by atoms with van der Waals surface area (Å²) >= 11 is 5.80. The topological polar surface area (TPSA) is 140 Å². The fourth-order valence-corrected chi connectivity index (χ4v) is 6.01. The molecule has 0 spiro atoms. The lowest BCUT2D eigenvalue weighted by atomic mass is 9.81. The van der Waals surface area contributed by atoms with Crippen LogP contribution in [0.2, 0.25) is 5.15 Å². The highest BCUT2D eigenvalue weighted by atomic mass is 35.5. The van der Waals surface area contributed by atoms with Crippen LogP contribution in [0.15, 0.2) is 29.3 Å². The molecule has 2 aliphatic carbocycles. The van der Waals surface area contributed by atoms with Crippen molar-refractivity contribution in [2.24, 2.45) is 11.8 Å². The third kappa shape index (κ3) is 7.70. The van der Waals surface area contributed by atoms with Crippen molar-refractivity contribution < 1.29 is 40.3 Å². The molecule has 0 saturated heterocycles. The standard InChI is InChI=1S/C27H28ClF7N8O3/c28-19-7-15(23(44)40-39-19)18(8-20(29)30)43-12-16(22(31)41-43)37-25(46)21(14-1-4-26(32,33)5-2-14)38-24(45)17-3-6-36-42(17)11-13-9-27(34,35)10-13/h3,6-7,12-14,18,20-21H,1-2,4-5,8-11H2,(H,37,46)(H,38,45)(H,40,44)/t18?,21-/m0/s1. The Labute approximate surface area is 260 Å². The highest BCUT2D eigenvalue weighted by Crippen LogP contribution is 2.43. The molecule has 3 aromatic heterocycles. The Balaban J connectivity index is 1.37. The zero-order valence-electron chi connectivity index (χ0n) is 23.8. The molecule has 2 atom stereocenters. The van der Waals surface area contributed by atoms with Crippen molar-refractivity contribution in [3.63, 3.8) is 0 Å². The number of hydrogen-bond acceptors (Lipinski definition) is 6. The summed E-state index contributed by atoms with van der Waals surface area (Å²) in [7, 11) is 0. The van der Waals surface area contributed by atoms with Crippen molar-refractivity contribution in [1.29, 1.82) is 0 Å². The number of carbonyl (C=O) groups excluding carboxylic acids is 2. The molecular weight excluding hydrogens is 653 g/mol. The van der Waals surface area contributed by atoms with Crippen LogP contribution >= 0.6 is 11.6 Å². The van der Waals surface area contributed by atoms with Crippen LogP contribution in [0, 0.1) is 17.8 Å². The molecule has 11 nitrogen and oxygen atoms in total. The predicted molar refractivity (Wildman–Crippen MR) is 147 cm³/mol. The van der Waals surface area contributed by atoms with E-state index in [2.05, 4.69) is 25.9 Å². The van der Waals surface area contributed by atoms with E-state index in [1.807, 2.05) is 5.10 Å². The van der Waals surface area contributed by atoms with Gasteiger partial charge in [0.15, 0.2) is 0 Å². The van der Waals surface area contributed by atoms with Crippen molar-refractivity contribution in [3.8, 4) is 0 Å². The van der Waals surface area contributed by atoms with Gasteiger partial charge in [-0.3, -0.25) is 23.7 Å². The first kappa shape index (κ1) is 33.4. The van der Waals surface area contributed by atoms with Gasteiger partial charge in [-0.2, -0.15) is 14.6 Å². The zero-order valence-corrected chi connectivity index (χ0v) is 24.6. The minimum Gasteiger partial charge on any atom is -0.339 e. The molecule has 3 heterocycles. The van der Waals surface area contributed by atoms with Crippen LogP contribution in [-0.2, 0) is 11.3 Å². The van der Waals surface area contributed by atoms with Crippen LogP contribution in [0.25, 0.3) is 0 Å². The molecule has 2 fully saturated rings. The van der Waals surface area contributed by atoms with Gasteiger partial charge in [-0.15, -0.1) is 5.10 Å². The number of nitrogens with one attached hydrogen (secondary N) is 3. The first-order chi connectivity index (χ1) is 21.6. The fraction of sp³-hybridized carbons (Fsp3) is 0.556. The van der Waals surface area contributed by atoms with Crippen LogP contribution in [0.5, 0.6) is 0 Å². The zero-order chi connectivity index (χ0) is 33.4. The van der Waals surface area contributed by atoms with Gasteiger partial charge in [-0.05, 0) is 36.8 Å². The fourth-order valence-electron chi connectivity index (χ4n) is 5.85. The lowest BCUT2D eigenvalue weighted by Gasteiger charge is -2.35. The third-order valence-corrected chi connectivity index (χ3v) is 8.38. The number of alkyl halides is 6. The summed E-state index contributed by atoms with van der Waals surface area (Å²) < 4.78 is 98.4. The van der Waals surface area contributed by atoms with Gasteiger partial charge >= 0.3 is 0 Å². The van der Waals surface area contributed by atoms with Gasteiger partial charge in [-0.1, -0.05) is 11.6 Å². The van der Waals surface area contributed by atoms with E-state index >= 15 is 4.39 Å². The lowest BCUT2D eigenvalue weighted by Crippen LogP contribution is -2.50. The Morgan fingerprint density at radius 1 is 1.13 bits per heavy atom. The smallest absolute Gasteiger partial charge is 0.270 e. The molecule has 0 aliphatic heterocycles. The minimum absolute atomic E-state index is 0.00750. The second-order valence-electron chi connectivity index (χ2n) is 11.6. The molecule has 3 aromatic rings. The molecule has 3 N–H and O–H groups in total. The number of carbonyl (C=O) groups is 2. The molecule has 5 rings (SSSR count). The maximum Gasteiger partial charge on any atom is 0.270 e. The minimum atomic E-state index is -2.98. The van der Waals surface area contributed by atoms with Crippen LogP contribution < -0.4 is 16.2 Å². The summed E-state index contributed by atoms with van der Waals surface area (Å²) in [6.07, 6.45) is -4.08. The van der Waals surface area contributed by atoms with Gasteiger partial charge in [0.25, 0.3) is 17.4 Å². The first-order valence-electron chi connectivity index (χ1n) is 14.3. The monoisotopic (exact) mass is 680 g/mol. The Kier molecular flexibility index (Phi) is 9.47. The Morgan fingerprint density at radius 2 is 1.83 bits per heavy atom. The average Bonchev–Trinajstić information content (AvgIpc) is 3.57. The first-order valence-corrected chi connectivity index (χ1v) is 14.7. The van der Waals surface area contributed by atoms with E-state index in [1.165, 1.54) is 16.9 Å². The molecule has 1 unspecified atom stereocenters. The van der Waals surface area contributed by atoms with Gasteiger partial charge < -0.3 is 10.6 Å². The van der Waals surface area contributed by atoms with Crippen LogP contribution in [-0.4, -0.2) is 65.9 Å². The molecular formula is C27H28ClF7N8O3. The third-order valence-electron chi connectivity index (χ3n) is 8.18. The normalized spacial score (nSPS) is 19.4. The van der Waals surface area contributed by atoms with Crippen LogP contribution in [0.1, 0.15) is 67.0 Å². The van der Waals surface area contributed by atoms with Crippen molar-refractivity contribution in [3.05, 3.63) is 57.2 Å².